The first-order valence-electron chi connectivity index (χ1n) is 5.62. The summed E-state index contributed by atoms with van der Waals surface area (Å²) in [5.74, 6) is 0.891. The van der Waals surface area contributed by atoms with Gasteiger partial charge in [0.1, 0.15) is 5.75 Å². The second-order valence-electron chi connectivity index (χ2n) is 3.77. The van der Waals surface area contributed by atoms with Crippen molar-refractivity contribution in [2.45, 2.75) is 34.1 Å². The molecule has 1 aromatic carbocycles. The molecule has 0 heterocycles. The van der Waals surface area contributed by atoms with Gasteiger partial charge in [0.25, 0.3) is 0 Å². The van der Waals surface area contributed by atoms with E-state index in [9.17, 15) is 4.79 Å². The zero-order valence-electron chi connectivity index (χ0n) is 10.4. The van der Waals surface area contributed by atoms with E-state index in [1.54, 1.807) is 0 Å². The smallest absolute Gasteiger partial charge is 0.224 e. The molecular weight excluding hydrogens is 202 g/mol. The minimum atomic E-state index is 0.0374. The highest BCUT2D eigenvalue weighted by molar-refractivity contribution is 5.92. The van der Waals surface area contributed by atoms with E-state index in [0.717, 1.165) is 22.6 Å². The van der Waals surface area contributed by atoms with Crippen LogP contribution in [0.4, 0.5) is 5.69 Å². The molecule has 0 bridgehead atoms. The highest BCUT2D eigenvalue weighted by atomic mass is 16.5. The molecule has 0 atom stereocenters. The first-order chi connectivity index (χ1) is 7.58. The van der Waals surface area contributed by atoms with Crippen LogP contribution in [0.5, 0.6) is 5.75 Å². The minimum absolute atomic E-state index is 0.0374. The Labute approximate surface area is 96.8 Å². The van der Waals surface area contributed by atoms with E-state index in [0.29, 0.717) is 13.0 Å². The van der Waals surface area contributed by atoms with Crippen molar-refractivity contribution in [3.8, 4) is 5.75 Å². The maximum Gasteiger partial charge on any atom is 0.224 e. The molecule has 0 saturated carbocycles. The molecule has 0 radical (unpaired) electrons. The summed E-state index contributed by atoms with van der Waals surface area (Å²) in [6.45, 7) is 8.40. The first-order valence-corrected chi connectivity index (χ1v) is 5.62. The van der Waals surface area contributed by atoms with E-state index in [-0.39, 0.29) is 5.91 Å². The van der Waals surface area contributed by atoms with Gasteiger partial charge in [0, 0.05) is 12.1 Å². The Kier molecular flexibility index (Phi) is 4.35. The third-order valence-corrected chi connectivity index (χ3v) is 2.40. The third kappa shape index (κ3) is 2.99. The van der Waals surface area contributed by atoms with Crippen LogP contribution in [0.25, 0.3) is 0 Å². The Bertz CT molecular complexity index is 363. The van der Waals surface area contributed by atoms with Crippen LogP contribution >= 0.6 is 0 Å². The lowest BCUT2D eigenvalue weighted by Gasteiger charge is -2.13. The number of benzene rings is 1. The molecular formula is C13H19NO2. The van der Waals surface area contributed by atoms with E-state index < -0.39 is 0 Å². The van der Waals surface area contributed by atoms with Gasteiger partial charge in [-0.2, -0.15) is 0 Å². The molecule has 1 rings (SSSR count). The fourth-order valence-corrected chi connectivity index (χ4v) is 1.60. The van der Waals surface area contributed by atoms with E-state index in [1.807, 2.05) is 39.8 Å². The quantitative estimate of drug-likeness (QED) is 0.848. The van der Waals surface area contributed by atoms with Crippen molar-refractivity contribution in [3.05, 3.63) is 23.3 Å². The molecule has 1 aromatic rings. The Balaban J connectivity index is 2.98. The number of carbonyl (C=O) groups excluding carboxylic acids is 1. The van der Waals surface area contributed by atoms with Crippen LogP contribution in [0.2, 0.25) is 0 Å². The lowest BCUT2D eigenvalue weighted by molar-refractivity contribution is -0.115. The Morgan fingerprint density at radius 1 is 1.25 bits per heavy atom. The molecule has 88 valence electrons. The number of hydrogen-bond donors (Lipinski definition) is 1. The Morgan fingerprint density at radius 2 is 1.81 bits per heavy atom. The molecule has 1 amide bonds. The number of anilines is 1. The molecule has 0 saturated heterocycles. The number of nitrogens with one attached hydrogen (secondary N) is 1. The van der Waals surface area contributed by atoms with Crippen molar-refractivity contribution in [1.29, 1.82) is 0 Å². The molecule has 0 aromatic heterocycles. The standard InChI is InChI=1S/C13H19NO2/c1-5-12(15)14-13-9(3)7-11(16-6-2)8-10(13)4/h7-8H,5-6H2,1-4H3,(H,14,15). The lowest BCUT2D eigenvalue weighted by Crippen LogP contribution is -2.12. The van der Waals surface area contributed by atoms with E-state index >= 15 is 0 Å². The summed E-state index contributed by atoms with van der Waals surface area (Å²) in [6.07, 6.45) is 0.492. The molecule has 0 aliphatic rings. The lowest BCUT2D eigenvalue weighted by atomic mass is 10.1. The average Bonchev–Trinajstić information content (AvgIpc) is 2.23. The monoisotopic (exact) mass is 221 g/mol. The van der Waals surface area contributed by atoms with Crippen molar-refractivity contribution in [3.63, 3.8) is 0 Å². The number of aryl methyl sites for hydroxylation is 2. The van der Waals surface area contributed by atoms with Crippen LogP contribution in [0, 0.1) is 13.8 Å². The molecule has 3 heteroatoms. The summed E-state index contributed by atoms with van der Waals surface area (Å²) in [5, 5.41) is 2.90. The number of hydrogen-bond acceptors (Lipinski definition) is 2. The normalized spacial score (nSPS) is 10.0. The Morgan fingerprint density at radius 3 is 2.25 bits per heavy atom. The first kappa shape index (κ1) is 12.6. The van der Waals surface area contributed by atoms with Crippen LogP contribution < -0.4 is 10.1 Å². The Hall–Kier alpha value is -1.51. The maximum atomic E-state index is 11.4. The average molecular weight is 221 g/mol. The zero-order chi connectivity index (χ0) is 12.1. The molecule has 0 spiro atoms. The van der Waals surface area contributed by atoms with Gasteiger partial charge in [0.2, 0.25) is 5.91 Å². The molecule has 0 unspecified atom stereocenters. The van der Waals surface area contributed by atoms with Gasteiger partial charge in [0.05, 0.1) is 6.61 Å². The fraction of sp³-hybridized carbons (Fsp3) is 0.462. The molecule has 3 nitrogen and oxygen atoms in total. The molecule has 0 aliphatic heterocycles. The van der Waals surface area contributed by atoms with Gasteiger partial charge in [-0.25, -0.2) is 0 Å². The second-order valence-corrected chi connectivity index (χ2v) is 3.77. The second kappa shape index (κ2) is 5.54. The van der Waals surface area contributed by atoms with Crippen LogP contribution in [-0.2, 0) is 4.79 Å². The van der Waals surface area contributed by atoms with E-state index in [4.69, 9.17) is 4.74 Å². The highest BCUT2D eigenvalue weighted by Gasteiger charge is 2.08. The van der Waals surface area contributed by atoms with Crippen LogP contribution in [0.3, 0.4) is 0 Å². The predicted molar refractivity (Wildman–Crippen MR) is 66.0 cm³/mol. The largest absolute Gasteiger partial charge is 0.494 e. The van der Waals surface area contributed by atoms with Crippen molar-refractivity contribution in [2.24, 2.45) is 0 Å². The summed E-state index contributed by atoms with van der Waals surface area (Å²) in [4.78, 5) is 11.4. The van der Waals surface area contributed by atoms with E-state index in [2.05, 4.69) is 5.32 Å². The van der Waals surface area contributed by atoms with Crippen LogP contribution in [-0.4, -0.2) is 12.5 Å². The van der Waals surface area contributed by atoms with Crippen molar-refractivity contribution in [2.75, 3.05) is 11.9 Å². The summed E-state index contributed by atoms with van der Waals surface area (Å²) >= 11 is 0. The summed E-state index contributed by atoms with van der Waals surface area (Å²) in [5.41, 5.74) is 2.96. The zero-order valence-corrected chi connectivity index (χ0v) is 10.4. The minimum Gasteiger partial charge on any atom is -0.494 e. The summed E-state index contributed by atoms with van der Waals surface area (Å²) < 4.78 is 5.44. The molecule has 0 fully saturated rings. The maximum absolute atomic E-state index is 11.4. The van der Waals surface area contributed by atoms with Gasteiger partial charge in [-0.05, 0) is 44.0 Å². The van der Waals surface area contributed by atoms with E-state index in [1.165, 1.54) is 0 Å². The number of amides is 1. The topological polar surface area (TPSA) is 38.3 Å². The molecule has 1 N–H and O–H groups in total. The molecule has 16 heavy (non-hydrogen) atoms. The van der Waals surface area contributed by atoms with Gasteiger partial charge in [-0.1, -0.05) is 6.92 Å². The van der Waals surface area contributed by atoms with Gasteiger partial charge < -0.3 is 10.1 Å². The van der Waals surface area contributed by atoms with Gasteiger partial charge in [0.15, 0.2) is 0 Å². The van der Waals surface area contributed by atoms with Gasteiger partial charge in [-0.3, -0.25) is 4.79 Å². The fourth-order valence-electron chi connectivity index (χ4n) is 1.60. The van der Waals surface area contributed by atoms with Crippen LogP contribution in [0.15, 0.2) is 12.1 Å². The third-order valence-electron chi connectivity index (χ3n) is 2.40. The predicted octanol–water partition coefficient (Wildman–Crippen LogP) is 3.05. The number of rotatable bonds is 4. The molecule has 0 aliphatic carbocycles. The SMILES string of the molecule is CCOc1cc(C)c(NC(=O)CC)c(C)c1. The number of ether oxygens (including phenoxy) is 1. The highest BCUT2D eigenvalue weighted by Crippen LogP contribution is 2.26. The van der Waals surface area contributed by atoms with Gasteiger partial charge >= 0.3 is 0 Å². The van der Waals surface area contributed by atoms with Crippen molar-refractivity contribution in [1.82, 2.24) is 0 Å². The van der Waals surface area contributed by atoms with Crippen molar-refractivity contribution >= 4 is 11.6 Å². The summed E-state index contributed by atoms with van der Waals surface area (Å²) in [7, 11) is 0. The van der Waals surface area contributed by atoms with Gasteiger partial charge in [-0.15, -0.1) is 0 Å². The number of carbonyl (C=O) groups is 1. The summed E-state index contributed by atoms with van der Waals surface area (Å²) in [6, 6.07) is 3.89. The van der Waals surface area contributed by atoms with Crippen molar-refractivity contribution < 1.29 is 9.53 Å². The van der Waals surface area contributed by atoms with Crippen LogP contribution in [0.1, 0.15) is 31.4 Å².